The Morgan fingerprint density at radius 2 is 2.10 bits per heavy atom. The SMILES string of the molecule is CCCCn1ncc(NC(C)C(=O)NC(C)C)c(Cl)c1=O. The monoisotopic (exact) mass is 314 g/mol. The van der Waals surface area contributed by atoms with Crippen molar-refractivity contribution < 1.29 is 4.79 Å². The van der Waals surface area contributed by atoms with E-state index in [1.54, 1.807) is 6.92 Å². The van der Waals surface area contributed by atoms with Crippen molar-refractivity contribution in [2.75, 3.05) is 5.32 Å². The maximum atomic E-state index is 12.1. The van der Waals surface area contributed by atoms with Crippen LogP contribution in [0.25, 0.3) is 0 Å². The third kappa shape index (κ3) is 5.04. The van der Waals surface area contributed by atoms with Crippen molar-refractivity contribution in [2.45, 2.75) is 59.2 Å². The fourth-order valence-corrected chi connectivity index (χ4v) is 1.94. The van der Waals surface area contributed by atoms with Gasteiger partial charge in [-0.05, 0) is 27.2 Å². The minimum Gasteiger partial charge on any atom is -0.371 e. The van der Waals surface area contributed by atoms with Crippen LogP contribution in [0, 0.1) is 0 Å². The summed E-state index contributed by atoms with van der Waals surface area (Å²) in [5.41, 5.74) is 0.0346. The molecule has 6 nitrogen and oxygen atoms in total. The fourth-order valence-electron chi connectivity index (χ4n) is 1.74. The van der Waals surface area contributed by atoms with Crippen molar-refractivity contribution in [2.24, 2.45) is 0 Å². The van der Waals surface area contributed by atoms with Gasteiger partial charge in [0.2, 0.25) is 5.91 Å². The van der Waals surface area contributed by atoms with Crippen LogP contribution < -0.4 is 16.2 Å². The summed E-state index contributed by atoms with van der Waals surface area (Å²) in [5.74, 6) is -0.156. The molecular formula is C14H23ClN4O2. The van der Waals surface area contributed by atoms with Crippen molar-refractivity contribution in [3.05, 3.63) is 21.6 Å². The number of halogens is 1. The van der Waals surface area contributed by atoms with E-state index in [2.05, 4.69) is 15.7 Å². The normalized spacial score (nSPS) is 12.3. The lowest BCUT2D eigenvalue weighted by Gasteiger charge is -2.17. The van der Waals surface area contributed by atoms with E-state index in [0.717, 1.165) is 12.8 Å². The molecule has 1 rings (SSSR count). The molecule has 1 aromatic rings. The van der Waals surface area contributed by atoms with Gasteiger partial charge in [-0.2, -0.15) is 5.10 Å². The molecule has 2 N–H and O–H groups in total. The molecule has 1 aromatic heterocycles. The van der Waals surface area contributed by atoms with E-state index in [-0.39, 0.29) is 22.5 Å². The van der Waals surface area contributed by atoms with E-state index >= 15 is 0 Å². The standard InChI is InChI=1S/C14H23ClN4O2/c1-5-6-7-19-14(21)12(15)11(8-16-19)18-10(4)13(20)17-9(2)3/h8-10,18H,5-7H2,1-4H3,(H,17,20). The number of aryl methyl sites for hydroxylation is 1. The van der Waals surface area contributed by atoms with Crippen LogP contribution in [-0.4, -0.2) is 27.8 Å². The molecular weight excluding hydrogens is 292 g/mol. The first-order valence-electron chi connectivity index (χ1n) is 7.19. The summed E-state index contributed by atoms with van der Waals surface area (Å²) in [6, 6.07) is -0.449. The highest BCUT2D eigenvalue weighted by Gasteiger charge is 2.16. The fraction of sp³-hybridized carbons (Fsp3) is 0.643. The van der Waals surface area contributed by atoms with Gasteiger partial charge in [0.25, 0.3) is 5.56 Å². The van der Waals surface area contributed by atoms with Crippen LogP contribution in [0.3, 0.4) is 0 Å². The summed E-state index contributed by atoms with van der Waals surface area (Å²) in [5, 5.41) is 9.84. The Morgan fingerprint density at radius 1 is 1.43 bits per heavy atom. The average molecular weight is 315 g/mol. The number of hydrogen-bond acceptors (Lipinski definition) is 4. The molecule has 1 amide bonds. The third-order valence-electron chi connectivity index (χ3n) is 2.90. The van der Waals surface area contributed by atoms with E-state index in [1.165, 1.54) is 10.9 Å². The van der Waals surface area contributed by atoms with Crippen molar-refractivity contribution in [3.8, 4) is 0 Å². The van der Waals surface area contributed by atoms with E-state index in [4.69, 9.17) is 11.6 Å². The second-order valence-electron chi connectivity index (χ2n) is 5.28. The molecule has 1 heterocycles. The molecule has 0 aromatic carbocycles. The summed E-state index contributed by atoms with van der Waals surface area (Å²) in [6.45, 7) is 8.05. The lowest BCUT2D eigenvalue weighted by Crippen LogP contribution is -2.41. The Balaban J connectivity index is 2.83. The number of carbonyl (C=O) groups excluding carboxylic acids is 1. The second-order valence-corrected chi connectivity index (χ2v) is 5.66. The number of aromatic nitrogens is 2. The van der Waals surface area contributed by atoms with E-state index < -0.39 is 6.04 Å². The first kappa shape index (κ1) is 17.5. The maximum Gasteiger partial charge on any atom is 0.287 e. The zero-order valence-electron chi connectivity index (χ0n) is 12.9. The molecule has 118 valence electrons. The van der Waals surface area contributed by atoms with Gasteiger partial charge in [-0.3, -0.25) is 9.59 Å². The van der Waals surface area contributed by atoms with Gasteiger partial charge in [0.15, 0.2) is 0 Å². The number of nitrogens with zero attached hydrogens (tertiary/aromatic N) is 2. The van der Waals surface area contributed by atoms with Crippen LogP contribution >= 0.6 is 11.6 Å². The number of unbranched alkanes of at least 4 members (excludes halogenated alkanes) is 1. The molecule has 0 spiro atoms. The van der Waals surface area contributed by atoms with Gasteiger partial charge >= 0.3 is 0 Å². The first-order chi connectivity index (χ1) is 9.86. The predicted octanol–water partition coefficient (Wildman–Crippen LogP) is 2.02. The molecule has 0 saturated carbocycles. The lowest BCUT2D eigenvalue weighted by atomic mass is 10.2. The third-order valence-corrected chi connectivity index (χ3v) is 3.27. The van der Waals surface area contributed by atoms with Gasteiger partial charge < -0.3 is 10.6 Å². The summed E-state index contributed by atoms with van der Waals surface area (Å²) in [4.78, 5) is 23.9. The number of amides is 1. The summed E-state index contributed by atoms with van der Waals surface area (Å²) in [7, 11) is 0. The maximum absolute atomic E-state index is 12.1. The Kier molecular flexibility index (Phi) is 6.68. The van der Waals surface area contributed by atoms with Crippen molar-refractivity contribution in [1.29, 1.82) is 0 Å². The lowest BCUT2D eigenvalue weighted by molar-refractivity contribution is -0.122. The highest BCUT2D eigenvalue weighted by atomic mass is 35.5. The largest absolute Gasteiger partial charge is 0.371 e. The molecule has 0 aliphatic carbocycles. The first-order valence-corrected chi connectivity index (χ1v) is 7.57. The smallest absolute Gasteiger partial charge is 0.287 e. The highest BCUT2D eigenvalue weighted by Crippen LogP contribution is 2.16. The zero-order valence-corrected chi connectivity index (χ0v) is 13.7. The van der Waals surface area contributed by atoms with Gasteiger partial charge in [0.1, 0.15) is 11.1 Å². The summed E-state index contributed by atoms with van der Waals surface area (Å²) < 4.78 is 1.34. The number of rotatable bonds is 7. The second kappa shape index (κ2) is 8.02. The molecule has 21 heavy (non-hydrogen) atoms. The average Bonchev–Trinajstić information content (AvgIpc) is 2.42. The molecule has 0 fully saturated rings. The van der Waals surface area contributed by atoms with Crippen LogP contribution in [-0.2, 0) is 11.3 Å². The molecule has 0 bridgehead atoms. The number of hydrogen-bond donors (Lipinski definition) is 2. The number of nitrogens with one attached hydrogen (secondary N) is 2. The highest BCUT2D eigenvalue weighted by molar-refractivity contribution is 6.33. The van der Waals surface area contributed by atoms with Crippen molar-refractivity contribution in [1.82, 2.24) is 15.1 Å². The zero-order chi connectivity index (χ0) is 16.0. The number of carbonyl (C=O) groups is 1. The Morgan fingerprint density at radius 3 is 2.67 bits per heavy atom. The molecule has 0 aliphatic rings. The Hall–Kier alpha value is -1.56. The molecule has 0 saturated heterocycles. The quantitative estimate of drug-likeness (QED) is 0.807. The summed E-state index contributed by atoms with van der Waals surface area (Å²) in [6.07, 6.45) is 3.32. The van der Waals surface area contributed by atoms with Crippen LogP contribution in [0.1, 0.15) is 40.5 Å². The molecule has 1 atom stereocenters. The van der Waals surface area contributed by atoms with E-state index in [0.29, 0.717) is 12.2 Å². The van der Waals surface area contributed by atoms with Gasteiger partial charge in [0, 0.05) is 12.6 Å². The van der Waals surface area contributed by atoms with Gasteiger partial charge in [0.05, 0.1) is 11.9 Å². The Bertz CT molecular complexity index is 542. The minimum atomic E-state index is -0.502. The van der Waals surface area contributed by atoms with Crippen LogP contribution in [0.15, 0.2) is 11.0 Å². The topological polar surface area (TPSA) is 76.0 Å². The molecule has 7 heteroatoms. The molecule has 0 radical (unpaired) electrons. The van der Waals surface area contributed by atoms with Crippen LogP contribution in [0.2, 0.25) is 5.02 Å². The van der Waals surface area contributed by atoms with Crippen molar-refractivity contribution in [3.63, 3.8) is 0 Å². The van der Waals surface area contributed by atoms with Gasteiger partial charge in [-0.1, -0.05) is 24.9 Å². The minimum absolute atomic E-state index is 0.0531. The van der Waals surface area contributed by atoms with E-state index in [9.17, 15) is 9.59 Å². The van der Waals surface area contributed by atoms with E-state index in [1.807, 2.05) is 20.8 Å². The van der Waals surface area contributed by atoms with Crippen LogP contribution in [0.5, 0.6) is 0 Å². The van der Waals surface area contributed by atoms with Gasteiger partial charge in [-0.25, -0.2) is 4.68 Å². The summed E-state index contributed by atoms with van der Waals surface area (Å²) >= 11 is 6.06. The van der Waals surface area contributed by atoms with Crippen molar-refractivity contribution >= 4 is 23.2 Å². The van der Waals surface area contributed by atoms with Crippen LogP contribution in [0.4, 0.5) is 5.69 Å². The predicted molar refractivity (Wildman–Crippen MR) is 84.8 cm³/mol. The van der Waals surface area contributed by atoms with Gasteiger partial charge in [-0.15, -0.1) is 0 Å². The molecule has 0 aliphatic heterocycles. The number of anilines is 1. The molecule has 1 unspecified atom stereocenters. The Labute approximate surface area is 129 Å².